The Kier molecular flexibility index (Phi) is 7.86. The highest BCUT2D eigenvalue weighted by atomic mass is 35.5. The summed E-state index contributed by atoms with van der Waals surface area (Å²) in [5.41, 5.74) is 4.65. The van der Waals surface area contributed by atoms with Gasteiger partial charge in [0, 0.05) is 40.8 Å². The van der Waals surface area contributed by atoms with Gasteiger partial charge in [0.05, 0.1) is 28.2 Å². The molecule has 234 valence electrons. The Morgan fingerprint density at radius 3 is 2.17 bits per heavy atom. The number of amides is 2. The number of hydrogen-bond donors (Lipinski definition) is 1. The van der Waals surface area contributed by atoms with Gasteiger partial charge in [0.15, 0.2) is 5.43 Å². The fourth-order valence-corrected chi connectivity index (χ4v) is 6.72. The second kappa shape index (κ2) is 12.2. The fourth-order valence-electron chi connectivity index (χ4n) is 6.55. The zero-order valence-electron chi connectivity index (χ0n) is 26.2. The van der Waals surface area contributed by atoms with E-state index in [1.807, 2.05) is 75.4 Å². The van der Waals surface area contributed by atoms with Crippen molar-refractivity contribution in [1.82, 2.24) is 14.9 Å². The summed E-state index contributed by atoms with van der Waals surface area (Å²) in [7, 11) is 0. The number of aromatic amines is 1. The SMILES string of the molecule is Cc1ccc(-c2nc(C([C@H](c3oc4cc(Cl)ccc4c(=O)c3Cc3ccccc3)C(C)C)N3C(=O)c4ccccc4C3=O)c[nH]2)cc1. The molecule has 0 fully saturated rings. The smallest absolute Gasteiger partial charge is 0.262 e. The molecule has 4 aromatic carbocycles. The molecule has 2 amide bonds. The molecule has 0 saturated heterocycles. The number of fused-ring (bicyclic) bond motifs is 2. The van der Waals surface area contributed by atoms with Crippen LogP contribution in [-0.2, 0) is 6.42 Å². The summed E-state index contributed by atoms with van der Waals surface area (Å²) >= 11 is 6.38. The number of imide groups is 1. The normalized spacial score (nSPS) is 14.2. The minimum atomic E-state index is -0.910. The van der Waals surface area contributed by atoms with Gasteiger partial charge in [-0.05, 0) is 42.7 Å². The number of hydrogen-bond acceptors (Lipinski definition) is 5. The third kappa shape index (κ3) is 5.47. The number of aromatic nitrogens is 2. The maximum Gasteiger partial charge on any atom is 0.262 e. The third-order valence-electron chi connectivity index (χ3n) is 8.89. The van der Waals surface area contributed by atoms with E-state index in [0.29, 0.717) is 56.4 Å². The van der Waals surface area contributed by atoms with Crippen LogP contribution in [0.1, 0.15) is 74.7 Å². The van der Waals surface area contributed by atoms with E-state index >= 15 is 0 Å². The lowest BCUT2D eigenvalue weighted by atomic mass is 9.80. The molecule has 47 heavy (non-hydrogen) atoms. The molecule has 0 aliphatic carbocycles. The summed E-state index contributed by atoms with van der Waals surface area (Å²) in [4.78, 5) is 52.2. The van der Waals surface area contributed by atoms with Crippen LogP contribution in [0, 0.1) is 12.8 Å². The van der Waals surface area contributed by atoms with Gasteiger partial charge in [-0.15, -0.1) is 0 Å². The van der Waals surface area contributed by atoms with Gasteiger partial charge in [-0.2, -0.15) is 0 Å². The molecule has 0 radical (unpaired) electrons. The van der Waals surface area contributed by atoms with Crippen molar-refractivity contribution in [3.05, 3.63) is 158 Å². The lowest BCUT2D eigenvalue weighted by molar-refractivity contribution is 0.0524. The second-order valence-corrected chi connectivity index (χ2v) is 12.8. The Bertz CT molecular complexity index is 2170. The van der Waals surface area contributed by atoms with Crippen LogP contribution in [0.2, 0.25) is 5.02 Å². The average Bonchev–Trinajstić information content (AvgIpc) is 3.65. The van der Waals surface area contributed by atoms with Crippen LogP contribution in [0.25, 0.3) is 22.4 Å². The number of carbonyl (C=O) groups excluding carboxylic acids is 2. The first-order valence-corrected chi connectivity index (χ1v) is 16.0. The first-order chi connectivity index (χ1) is 22.7. The number of nitrogens with zero attached hydrogens (tertiary/aromatic N) is 2. The van der Waals surface area contributed by atoms with Crippen LogP contribution < -0.4 is 5.43 Å². The van der Waals surface area contributed by atoms with E-state index < -0.39 is 23.8 Å². The molecular formula is C39H32ClN3O4. The van der Waals surface area contributed by atoms with E-state index in [4.69, 9.17) is 21.0 Å². The van der Waals surface area contributed by atoms with Gasteiger partial charge in [-0.3, -0.25) is 19.3 Å². The van der Waals surface area contributed by atoms with Gasteiger partial charge >= 0.3 is 0 Å². The van der Waals surface area contributed by atoms with Crippen LogP contribution in [0.15, 0.2) is 112 Å². The fraction of sp³-hybridized carbons (Fsp3) is 0.179. The Morgan fingerprint density at radius 1 is 0.851 bits per heavy atom. The number of H-pyrrole nitrogens is 1. The number of nitrogens with one attached hydrogen (secondary N) is 1. The molecule has 7 nitrogen and oxygen atoms in total. The number of imidazole rings is 1. The Hall–Kier alpha value is -5.27. The number of aryl methyl sites for hydroxylation is 1. The summed E-state index contributed by atoms with van der Waals surface area (Å²) in [6, 6.07) is 28.5. The minimum absolute atomic E-state index is 0.184. The molecule has 2 atom stereocenters. The van der Waals surface area contributed by atoms with Crippen molar-refractivity contribution in [1.29, 1.82) is 0 Å². The Balaban J connectivity index is 1.47. The monoisotopic (exact) mass is 641 g/mol. The summed E-state index contributed by atoms with van der Waals surface area (Å²) in [5.74, 6) is -0.710. The van der Waals surface area contributed by atoms with Crippen molar-refractivity contribution in [2.24, 2.45) is 5.92 Å². The number of rotatable bonds is 8. The van der Waals surface area contributed by atoms with Gasteiger partial charge in [-0.25, -0.2) is 4.98 Å². The zero-order valence-corrected chi connectivity index (χ0v) is 26.9. The molecule has 3 heterocycles. The number of halogens is 1. The molecule has 8 heteroatoms. The van der Waals surface area contributed by atoms with Crippen molar-refractivity contribution in [2.75, 3.05) is 0 Å². The van der Waals surface area contributed by atoms with Gasteiger partial charge in [0.25, 0.3) is 11.8 Å². The van der Waals surface area contributed by atoms with E-state index in [9.17, 15) is 14.4 Å². The Labute approximate surface area is 276 Å². The van der Waals surface area contributed by atoms with Crippen LogP contribution in [0.3, 0.4) is 0 Å². The topological polar surface area (TPSA) is 96.3 Å². The zero-order chi connectivity index (χ0) is 32.8. The average molecular weight is 642 g/mol. The molecule has 0 saturated carbocycles. The summed E-state index contributed by atoms with van der Waals surface area (Å²) in [6.45, 7) is 6.01. The highest BCUT2D eigenvalue weighted by Crippen LogP contribution is 2.45. The molecule has 1 aliphatic heterocycles. The van der Waals surface area contributed by atoms with Crippen LogP contribution in [-0.4, -0.2) is 26.7 Å². The lowest BCUT2D eigenvalue weighted by Gasteiger charge is -2.35. The van der Waals surface area contributed by atoms with E-state index in [1.165, 1.54) is 4.90 Å². The van der Waals surface area contributed by atoms with Crippen molar-refractivity contribution < 1.29 is 14.0 Å². The van der Waals surface area contributed by atoms with Crippen molar-refractivity contribution in [3.63, 3.8) is 0 Å². The molecule has 0 spiro atoms. The molecule has 0 bridgehead atoms. The molecule has 2 aromatic heterocycles. The van der Waals surface area contributed by atoms with Gasteiger partial charge < -0.3 is 9.40 Å². The largest absolute Gasteiger partial charge is 0.460 e. The molecular weight excluding hydrogens is 610 g/mol. The highest BCUT2D eigenvalue weighted by molar-refractivity contribution is 6.31. The third-order valence-corrected chi connectivity index (χ3v) is 9.13. The highest BCUT2D eigenvalue weighted by Gasteiger charge is 2.47. The van der Waals surface area contributed by atoms with E-state index in [0.717, 1.165) is 16.7 Å². The van der Waals surface area contributed by atoms with E-state index in [2.05, 4.69) is 4.98 Å². The Morgan fingerprint density at radius 2 is 1.51 bits per heavy atom. The van der Waals surface area contributed by atoms with Crippen LogP contribution in [0.5, 0.6) is 0 Å². The van der Waals surface area contributed by atoms with Crippen LogP contribution >= 0.6 is 11.6 Å². The predicted octanol–water partition coefficient (Wildman–Crippen LogP) is 8.51. The van der Waals surface area contributed by atoms with Crippen molar-refractivity contribution in [3.8, 4) is 11.4 Å². The van der Waals surface area contributed by atoms with E-state index in [-0.39, 0.29) is 11.3 Å². The van der Waals surface area contributed by atoms with Crippen LogP contribution in [0.4, 0.5) is 0 Å². The number of benzene rings is 4. The standard InChI is InChI=1S/C39H32ClN3O4/c1-22(2)33(36-30(19-24-9-5-4-6-10-24)35(44)29-18-17-26(40)20-32(29)47-36)34(43-38(45)27-11-7-8-12-28(27)39(43)46)31-21-41-37(42-31)25-15-13-23(3)14-16-25/h4-18,20-22,33-34H,19H2,1-3H3,(H,41,42)/t33-,34?/m1/s1. The van der Waals surface area contributed by atoms with Crippen molar-refractivity contribution in [2.45, 2.75) is 39.2 Å². The summed E-state index contributed by atoms with van der Waals surface area (Å²) in [5, 5.41) is 0.834. The first kappa shape index (κ1) is 30.4. The first-order valence-electron chi connectivity index (χ1n) is 15.6. The molecule has 1 N–H and O–H groups in total. The molecule has 1 aliphatic rings. The van der Waals surface area contributed by atoms with Crippen molar-refractivity contribution >= 4 is 34.4 Å². The van der Waals surface area contributed by atoms with Gasteiger partial charge in [0.2, 0.25) is 0 Å². The summed E-state index contributed by atoms with van der Waals surface area (Å²) in [6.07, 6.45) is 2.04. The quantitative estimate of drug-likeness (QED) is 0.168. The van der Waals surface area contributed by atoms with Gasteiger partial charge in [0.1, 0.15) is 17.2 Å². The molecule has 1 unspecified atom stereocenters. The van der Waals surface area contributed by atoms with E-state index in [1.54, 1.807) is 48.7 Å². The summed E-state index contributed by atoms with van der Waals surface area (Å²) < 4.78 is 6.69. The van der Waals surface area contributed by atoms with Gasteiger partial charge in [-0.1, -0.05) is 97.7 Å². The maximum absolute atomic E-state index is 14.3. The lowest BCUT2D eigenvalue weighted by Crippen LogP contribution is -2.39. The predicted molar refractivity (Wildman–Crippen MR) is 183 cm³/mol. The molecule has 7 rings (SSSR count). The maximum atomic E-state index is 14.3. The minimum Gasteiger partial charge on any atom is -0.460 e. The second-order valence-electron chi connectivity index (χ2n) is 12.4. The molecule has 6 aromatic rings. The number of carbonyl (C=O) groups is 2.